The van der Waals surface area contributed by atoms with Crippen LogP contribution in [0.1, 0.15) is 0 Å². The minimum absolute atomic E-state index is 0.927. The second-order valence-corrected chi connectivity index (χ2v) is 15.2. The fourth-order valence-corrected chi connectivity index (χ4v) is 9.09. The summed E-state index contributed by atoms with van der Waals surface area (Å²) in [4.78, 5) is 9.82. The SMILES string of the molecule is c1ccc(-c2nn(-c3ccccc3)c3c2c(-c2ccccc2)c(-c2ccc4c(ccc5cc(-c6ccc7ccc8cccnc8c7n6)ccc54)c2)c2ccccc23)cc1. The van der Waals surface area contributed by atoms with E-state index in [4.69, 9.17) is 10.1 Å². The van der Waals surface area contributed by atoms with Crippen LogP contribution in [-0.2, 0) is 0 Å². The second-order valence-electron chi connectivity index (χ2n) is 15.2. The van der Waals surface area contributed by atoms with Gasteiger partial charge in [-0.25, -0.2) is 9.67 Å². The molecule has 12 rings (SSSR count). The van der Waals surface area contributed by atoms with Crippen molar-refractivity contribution in [3.05, 3.63) is 206 Å². The van der Waals surface area contributed by atoms with Gasteiger partial charge in [0.05, 0.1) is 27.9 Å². The van der Waals surface area contributed by atoms with Gasteiger partial charge in [0.2, 0.25) is 0 Å². The molecule has 0 aliphatic heterocycles. The lowest BCUT2D eigenvalue weighted by atomic mass is 9.85. The van der Waals surface area contributed by atoms with E-state index in [1.54, 1.807) is 0 Å². The molecular formula is C55H34N4. The molecule has 12 aromatic rings. The monoisotopic (exact) mass is 750 g/mol. The van der Waals surface area contributed by atoms with E-state index in [0.29, 0.717) is 0 Å². The highest BCUT2D eigenvalue weighted by Gasteiger charge is 2.25. The van der Waals surface area contributed by atoms with Gasteiger partial charge in [-0.2, -0.15) is 5.10 Å². The summed E-state index contributed by atoms with van der Waals surface area (Å²) in [5.41, 5.74) is 12.7. The lowest BCUT2D eigenvalue weighted by Crippen LogP contribution is -1.97. The number of para-hydroxylation sites is 1. The third-order valence-electron chi connectivity index (χ3n) is 11.8. The molecule has 0 spiro atoms. The molecule has 0 bridgehead atoms. The first-order valence-electron chi connectivity index (χ1n) is 20.0. The summed E-state index contributed by atoms with van der Waals surface area (Å²) in [7, 11) is 0. The molecule has 9 aromatic carbocycles. The smallest absolute Gasteiger partial charge is 0.101 e. The van der Waals surface area contributed by atoms with Crippen molar-refractivity contribution in [2.24, 2.45) is 0 Å². The summed E-state index contributed by atoms with van der Waals surface area (Å²) < 4.78 is 2.14. The fraction of sp³-hybridized carbons (Fsp3) is 0. The van der Waals surface area contributed by atoms with Gasteiger partial charge in [-0.1, -0.05) is 164 Å². The molecular weight excluding hydrogens is 717 g/mol. The van der Waals surface area contributed by atoms with Crippen LogP contribution in [0.2, 0.25) is 0 Å². The average Bonchev–Trinajstić information content (AvgIpc) is 3.72. The highest BCUT2D eigenvalue weighted by Crippen LogP contribution is 2.49. The number of nitrogens with zero attached hydrogens (tertiary/aromatic N) is 4. The van der Waals surface area contributed by atoms with Gasteiger partial charge in [0.15, 0.2) is 0 Å². The molecule has 0 aliphatic carbocycles. The predicted octanol–water partition coefficient (Wildman–Crippen LogP) is 14.2. The summed E-state index contributed by atoms with van der Waals surface area (Å²) in [5.74, 6) is 0. The second kappa shape index (κ2) is 13.3. The minimum Gasteiger partial charge on any atom is -0.254 e. The molecule has 0 saturated heterocycles. The first-order valence-corrected chi connectivity index (χ1v) is 20.0. The van der Waals surface area contributed by atoms with E-state index < -0.39 is 0 Å². The highest BCUT2D eigenvalue weighted by atomic mass is 15.3. The molecule has 0 unspecified atom stereocenters. The Bertz CT molecular complexity index is 3590. The van der Waals surface area contributed by atoms with Crippen LogP contribution in [0.25, 0.3) is 115 Å². The zero-order chi connectivity index (χ0) is 38.9. The molecule has 4 nitrogen and oxygen atoms in total. The summed E-state index contributed by atoms with van der Waals surface area (Å²) in [6, 6.07) is 71.5. The molecule has 4 heteroatoms. The van der Waals surface area contributed by atoms with Gasteiger partial charge >= 0.3 is 0 Å². The summed E-state index contributed by atoms with van der Waals surface area (Å²) in [5, 5.41) is 15.9. The van der Waals surface area contributed by atoms with Crippen LogP contribution in [0.5, 0.6) is 0 Å². The van der Waals surface area contributed by atoms with Gasteiger partial charge in [-0.05, 0) is 80.0 Å². The number of rotatable bonds is 5. The van der Waals surface area contributed by atoms with E-state index >= 15 is 0 Å². The molecule has 3 heterocycles. The Balaban J connectivity index is 1.08. The molecule has 274 valence electrons. The van der Waals surface area contributed by atoms with Crippen molar-refractivity contribution >= 4 is 65.0 Å². The van der Waals surface area contributed by atoms with Crippen molar-refractivity contribution in [1.29, 1.82) is 0 Å². The Morgan fingerprint density at radius 1 is 0.373 bits per heavy atom. The lowest BCUT2D eigenvalue weighted by Gasteiger charge is -2.18. The van der Waals surface area contributed by atoms with Crippen molar-refractivity contribution < 1.29 is 0 Å². The summed E-state index contributed by atoms with van der Waals surface area (Å²) >= 11 is 0. The van der Waals surface area contributed by atoms with Crippen LogP contribution in [0.4, 0.5) is 0 Å². The molecule has 0 amide bonds. The van der Waals surface area contributed by atoms with Crippen LogP contribution in [0, 0.1) is 0 Å². The summed E-state index contributed by atoms with van der Waals surface area (Å²) in [6.45, 7) is 0. The Kier molecular flexibility index (Phi) is 7.50. The van der Waals surface area contributed by atoms with Crippen molar-refractivity contribution in [1.82, 2.24) is 19.7 Å². The van der Waals surface area contributed by atoms with Crippen LogP contribution in [0.15, 0.2) is 206 Å². The molecule has 0 N–H and O–H groups in total. The van der Waals surface area contributed by atoms with Crippen LogP contribution in [0.3, 0.4) is 0 Å². The Labute approximate surface area is 340 Å². The van der Waals surface area contributed by atoms with E-state index in [2.05, 4.69) is 204 Å². The van der Waals surface area contributed by atoms with Crippen LogP contribution < -0.4 is 0 Å². The first-order chi connectivity index (χ1) is 29.3. The molecule has 0 saturated carbocycles. The van der Waals surface area contributed by atoms with Crippen LogP contribution in [-0.4, -0.2) is 19.7 Å². The van der Waals surface area contributed by atoms with E-state index in [9.17, 15) is 0 Å². The van der Waals surface area contributed by atoms with E-state index in [0.717, 1.165) is 77.4 Å². The third-order valence-corrected chi connectivity index (χ3v) is 11.8. The maximum atomic E-state index is 5.45. The highest BCUT2D eigenvalue weighted by molar-refractivity contribution is 6.24. The number of fused-ring (bicyclic) bond motifs is 9. The predicted molar refractivity (Wildman–Crippen MR) is 246 cm³/mol. The number of hydrogen-bond donors (Lipinski definition) is 0. The van der Waals surface area contributed by atoms with Crippen molar-refractivity contribution in [2.75, 3.05) is 0 Å². The molecule has 0 atom stereocenters. The van der Waals surface area contributed by atoms with E-state index in [1.165, 1.54) is 38.1 Å². The van der Waals surface area contributed by atoms with Gasteiger partial charge in [-0.3, -0.25) is 4.98 Å². The van der Waals surface area contributed by atoms with Crippen molar-refractivity contribution in [2.45, 2.75) is 0 Å². The Morgan fingerprint density at radius 3 is 1.71 bits per heavy atom. The quantitative estimate of drug-likeness (QED) is 0.165. The maximum Gasteiger partial charge on any atom is 0.101 e. The molecule has 0 aliphatic rings. The molecule has 59 heavy (non-hydrogen) atoms. The van der Waals surface area contributed by atoms with Gasteiger partial charge in [-0.15, -0.1) is 0 Å². The average molecular weight is 751 g/mol. The zero-order valence-corrected chi connectivity index (χ0v) is 31.9. The van der Waals surface area contributed by atoms with Gasteiger partial charge in [0, 0.05) is 44.4 Å². The van der Waals surface area contributed by atoms with E-state index in [1.807, 2.05) is 12.3 Å². The molecule has 0 radical (unpaired) electrons. The zero-order valence-electron chi connectivity index (χ0n) is 31.9. The molecule has 3 aromatic heterocycles. The Hall–Kier alpha value is -7.95. The third kappa shape index (κ3) is 5.34. The van der Waals surface area contributed by atoms with Gasteiger partial charge in [0.1, 0.15) is 5.69 Å². The number of benzene rings is 9. The molecule has 0 fully saturated rings. The van der Waals surface area contributed by atoms with Crippen molar-refractivity contribution in [3.63, 3.8) is 0 Å². The topological polar surface area (TPSA) is 43.6 Å². The fourth-order valence-electron chi connectivity index (χ4n) is 9.09. The largest absolute Gasteiger partial charge is 0.254 e. The first kappa shape index (κ1) is 33.2. The number of pyridine rings is 2. The number of aromatic nitrogens is 4. The van der Waals surface area contributed by atoms with Gasteiger partial charge in [0.25, 0.3) is 0 Å². The van der Waals surface area contributed by atoms with Crippen LogP contribution >= 0.6 is 0 Å². The normalized spacial score (nSPS) is 11.7. The van der Waals surface area contributed by atoms with Gasteiger partial charge < -0.3 is 0 Å². The standard InChI is InChI=1S/C55H34N4/c1-4-13-35(14-5-1)50-49(46-20-10-11-21-47(46)55-51(50)52(36-15-6-2-7-16-36)58-59(55)43-18-8-3-9-19-43)42-27-30-45-40(34-42)25-24-39-33-41(26-29-44(39)45)48-31-28-38-23-22-37-17-12-32-56-53(37)54(38)57-48/h1-34H. The Morgan fingerprint density at radius 2 is 0.966 bits per heavy atom. The van der Waals surface area contributed by atoms with Crippen molar-refractivity contribution in [3.8, 4) is 50.5 Å². The lowest BCUT2D eigenvalue weighted by molar-refractivity contribution is 0.918. The van der Waals surface area contributed by atoms with E-state index in [-0.39, 0.29) is 0 Å². The number of hydrogen-bond acceptors (Lipinski definition) is 3. The maximum absolute atomic E-state index is 5.45. The minimum atomic E-state index is 0.927. The summed E-state index contributed by atoms with van der Waals surface area (Å²) in [6.07, 6.45) is 1.84.